The molecule has 4 fully saturated rings. The second-order valence-electron chi connectivity index (χ2n) is 9.78. The molecule has 31 heavy (non-hydrogen) atoms. The molecule has 0 N–H and O–H groups in total. The van der Waals surface area contributed by atoms with E-state index in [1.165, 1.54) is 19.3 Å². The van der Waals surface area contributed by atoms with Crippen LogP contribution in [-0.2, 0) is 21.4 Å². The fourth-order valence-electron chi connectivity index (χ4n) is 6.99. The molecule has 9 heteroatoms. The summed E-state index contributed by atoms with van der Waals surface area (Å²) in [6.45, 7) is 0. The molecule has 4 aliphatic carbocycles. The topological polar surface area (TPSA) is 57.0 Å². The van der Waals surface area contributed by atoms with Gasteiger partial charge in [0.25, 0.3) is 0 Å². The standard InChI is InChI=1S/C22H21ClF3N3O2/c23-15-2-1-14-6-17(31-20(30)22(24,25)26)29-18(16(14)7-15)27-28-19(29)21-8-11-3-12(9-21)5-13(4-11)10-21/h1-2,7,11-13,17H,3-6,8-10H2. The maximum atomic E-state index is 13.0. The van der Waals surface area contributed by atoms with Crippen LogP contribution in [0.15, 0.2) is 18.2 Å². The molecule has 2 heterocycles. The number of carbonyl (C=O) groups is 1. The lowest BCUT2D eigenvalue weighted by Crippen LogP contribution is -2.50. The SMILES string of the molecule is O=C(OC1Cc2ccc(Cl)cc2-c2nnc(C34CC5CC(CC(C5)C3)C4)n21)C(F)(F)F. The van der Waals surface area contributed by atoms with Crippen molar-refractivity contribution in [1.82, 2.24) is 14.8 Å². The Labute approximate surface area is 181 Å². The monoisotopic (exact) mass is 451 g/mol. The molecule has 5 aliphatic rings. The van der Waals surface area contributed by atoms with Gasteiger partial charge >= 0.3 is 12.1 Å². The van der Waals surface area contributed by atoms with Crippen molar-refractivity contribution in [3.8, 4) is 11.4 Å². The molecule has 4 bridgehead atoms. The molecule has 1 atom stereocenters. The third kappa shape index (κ3) is 3.01. The Balaban J connectivity index is 1.48. The lowest BCUT2D eigenvalue weighted by molar-refractivity contribution is -0.209. The number of fused-ring (bicyclic) bond motifs is 3. The molecule has 0 spiro atoms. The third-order valence-corrected chi connectivity index (χ3v) is 7.91. The highest BCUT2D eigenvalue weighted by molar-refractivity contribution is 6.30. The number of carbonyl (C=O) groups excluding carboxylic acids is 1. The highest BCUT2D eigenvalue weighted by Gasteiger charge is 2.55. The van der Waals surface area contributed by atoms with Gasteiger partial charge in [0.2, 0.25) is 0 Å². The number of alkyl halides is 3. The van der Waals surface area contributed by atoms with Crippen molar-refractivity contribution in [1.29, 1.82) is 0 Å². The van der Waals surface area contributed by atoms with Gasteiger partial charge in [-0.15, -0.1) is 10.2 Å². The molecule has 1 unspecified atom stereocenters. The van der Waals surface area contributed by atoms with E-state index in [-0.39, 0.29) is 11.8 Å². The van der Waals surface area contributed by atoms with E-state index in [0.717, 1.165) is 30.4 Å². The number of benzene rings is 1. The number of hydrogen-bond donors (Lipinski definition) is 0. The van der Waals surface area contributed by atoms with Gasteiger partial charge < -0.3 is 4.74 Å². The van der Waals surface area contributed by atoms with Crippen LogP contribution in [0.2, 0.25) is 5.02 Å². The van der Waals surface area contributed by atoms with Gasteiger partial charge in [-0.05, 0) is 74.0 Å². The highest BCUT2D eigenvalue weighted by Crippen LogP contribution is 2.61. The number of hydrogen-bond acceptors (Lipinski definition) is 4. The maximum Gasteiger partial charge on any atom is 0.491 e. The second-order valence-corrected chi connectivity index (χ2v) is 10.2. The fraction of sp³-hybridized carbons (Fsp3) is 0.591. The summed E-state index contributed by atoms with van der Waals surface area (Å²) >= 11 is 6.20. The van der Waals surface area contributed by atoms with Gasteiger partial charge in [-0.1, -0.05) is 17.7 Å². The van der Waals surface area contributed by atoms with Gasteiger partial charge in [0.1, 0.15) is 5.82 Å². The first-order chi connectivity index (χ1) is 14.7. The van der Waals surface area contributed by atoms with E-state index in [4.69, 9.17) is 16.3 Å². The van der Waals surface area contributed by atoms with Crippen LogP contribution in [0.25, 0.3) is 11.4 Å². The van der Waals surface area contributed by atoms with Crippen molar-refractivity contribution >= 4 is 17.6 Å². The summed E-state index contributed by atoms with van der Waals surface area (Å²) in [7, 11) is 0. The van der Waals surface area contributed by atoms with E-state index in [1.807, 2.05) is 0 Å². The van der Waals surface area contributed by atoms with Gasteiger partial charge in [0, 0.05) is 22.4 Å². The van der Waals surface area contributed by atoms with E-state index in [0.29, 0.717) is 34.4 Å². The molecule has 0 radical (unpaired) electrons. The fourth-order valence-corrected chi connectivity index (χ4v) is 7.16. The van der Waals surface area contributed by atoms with E-state index >= 15 is 0 Å². The zero-order valence-electron chi connectivity index (χ0n) is 16.7. The van der Waals surface area contributed by atoms with Gasteiger partial charge in [-0.2, -0.15) is 13.2 Å². The Bertz CT molecular complexity index is 1050. The summed E-state index contributed by atoms with van der Waals surface area (Å²) in [5, 5.41) is 9.44. The maximum absolute atomic E-state index is 13.0. The van der Waals surface area contributed by atoms with Crippen molar-refractivity contribution in [2.45, 2.75) is 62.8 Å². The van der Waals surface area contributed by atoms with Crippen molar-refractivity contribution in [2.24, 2.45) is 17.8 Å². The molecular formula is C22H21ClF3N3O2. The van der Waals surface area contributed by atoms with E-state index < -0.39 is 18.4 Å². The molecule has 1 aromatic carbocycles. The third-order valence-electron chi connectivity index (χ3n) is 7.68. The van der Waals surface area contributed by atoms with Crippen molar-refractivity contribution < 1.29 is 22.7 Å². The lowest BCUT2D eigenvalue weighted by Gasteiger charge is -2.56. The summed E-state index contributed by atoms with van der Waals surface area (Å²) < 4.78 is 45.8. The lowest BCUT2D eigenvalue weighted by atomic mass is 9.49. The average molecular weight is 452 g/mol. The van der Waals surface area contributed by atoms with Crippen molar-refractivity contribution in [3.05, 3.63) is 34.6 Å². The number of halogens is 4. The number of ether oxygens (including phenoxy) is 1. The molecule has 1 aromatic heterocycles. The summed E-state index contributed by atoms with van der Waals surface area (Å²) in [6.07, 6.45) is 0.532. The first-order valence-corrected chi connectivity index (χ1v) is 11.1. The minimum Gasteiger partial charge on any atom is -0.434 e. The molecule has 2 aromatic rings. The Morgan fingerprint density at radius 3 is 2.35 bits per heavy atom. The molecule has 0 amide bonds. The van der Waals surface area contributed by atoms with Crippen LogP contribution in [0.1, 0.15) is 56.1 Å². The van der Waals surface area contributed by atoms with Crippen LogP contribution in [0.5, 0.6) is 0 Å². The molecule has 164 valence electrons. The van der Waals surface area contributed by atoms with Crippen LogP contribution in [0, 0.1) is 17.8 Å². The van der Waals surface area contributed by atoms with E-state index in [2.05, 4.69) is 10.2 Å². The number of rotatable bonds is 2. The van der Waals surface area contributed by atoms with Crippen LogP contribution >= 0.6 is 11.6 Å². The van der Waals surface area contributed by atoms with Crippen molar-refractivity contribution in [3.63, 3.8) is 0 Å². The van der Waals surface area contributed by atoms with Crippen LogP contribution in [-0.4, -0.2) is 26.9 Å². The smallest absolute Gasteiger partial charge is 0.434 e. The highest BCUT2D eigenvalue weighted by atomic mass is 35.5. The van der Waals surface area contributed by atoms with E-state index in [1.54, 1.807) is 22.8 Å². The Hall–Kier alpha value is -2.09. The minimum atomic E-state index is -5.06. The van der Waals surface area contributed by atoms with Gasteiger partial charge in [0.05, 0.1) is 0 Å². The largest absolute Gasteiger partial charge is 0.491 e. The summed E-state index contributed by atoms with van der Waals surface area (Å²) in [5.74, 6) is 0.787. The van der Waals surface area contributed by atoms with Crippen LogP contribution < -0.4 is 0 Å². The normalized spacial score (nSPS) is 33.2. The van der Waals surface area contributed by atoms with Gasteiger partial charge in [-0.25, -0.2) is 4.79 Å². The Morgan fingerprint density at radius 2 is 1.74 bits per heavy atom. The van der Waals surface area contributed by atoms with Gasteiger partial charge in [0.15, 0.2) is 12.1 Å². The second kappa shape index (κ2) is 6.47. The molecule has 5 nitrogen and oxygen atoms in total. The molecule has 1 aliphatic heterocycles. The minimum absolute atomic E-state index is 0.124. The van der Waals surface area contributed by atoms with Crippen molar-refractivity contribution in [2.75, 3.05) is 0 Å². The summed E-state index contributed by atoms with van der Waals surface area (Å²) in [6, 6.07) is 5.17. The predicted octanol–water partition coefficient (Wildman–Crippen LogP) is 5.23. The average Bonchev–Trinajstić information content (AvgIpc) is 3.13. The molecule has 0 saturated heterocycles. The number of aromatic nitrogens is 3. The summed E-state index contributed by atoms with van der Waals surface area (Å²) in [4.78, 5) is 11.8. The molecule has 7 rings (SSSR count). The van der Waals surface area contributed by atoms with E-state index in [9.17, 15) is 18.0 Å². The van der Waals surface area contributed by atoms with Crippen LogP contribution in [0.4, 0.5) is 13.2 Å². The predicted molar refractivity (Wildman–Crippen MR) is 105 cm³/mol. The van der Waals surface area contributed by atoms with Gasteiger partial charge in [-0.3, -0.25) is 4.57 Å². The zero-order valence-corrected chi connectivity index (χ0v) is 17.4. The Kier molecular flexibility index (Phi) is 4.08. The first kappa shape index (κ1) is 19.6. The molecule has 4 saturated carbocycles. The Morgan fingerprint density at radius 1 is 1.10 bits per heavy atom. The quantitative estimate of drug-likeness (QED) is 0.587. The first-order valence-electron chi connectivity index (χ1n) is 10.7. The number of esters is 1. The number of nitrogens with zero attached hydrogens (tertiary/aromatic N) is 3. The summed E-state index contributed by atoms with van der Waals surface area (Å²) in [5.41, 5.74) is 1.26. The molecular weight excluding hydrogens is 431 g/mol. The van der Waals surface area contributed by atoms with Crippen LogP contribution in [0.3, 0.4) is 0 Å². The zero-order chi connectivity index (χ0) is 21.5.